The molecule has 0 aromatic heterocycles. The maximum Gasteiger partial charge on any atom is 0.0192 e. The molecule has 2 nitrogen and oxygen atoms in total. The van der Waals surface area contributed by atoms with Crippen molar-refractivity contribution < 1.29 is 0 Å². The van der Waals surface area contributed by atoms with E-state index in [1.54, 1.807) is 0 Å². The number of nitrogens with two attached hydrogens (primary N) is 2. The van der Waals surface area contributed by atoms with Gasteiger partial charge in [0.1, 0.15) is 0 Å². The van der Waals surface area contributed by atoms with Crippen LogP contribution in [0.5, 0.6) is 0 Å². The molecule has 0 saturated heterocycles. The maximum atomic E-state index is 6.09. The van der Waals surface area contributed by atoms with Gasteiger partial charge in [0.25, 0.3) is 0 Å². The van der Waals surface area contributed by atoms with Crippen molar-refractivity contribution in [1.82, 2.24) is 0 Å². The Kier molecular flexibility index (Phi) is 2.85. The standard InChI is InChI=1S/C13H26N2/c1-8(14)12(15)6-9-4-5-10-7-11(9)13(10,2)3/h8-12H,4-7,14-15H2,1-3H3. The maximum absolute atomic E-state index is 6.09. The van der Waals surface area contributed by atoms with Crippen LogP contribution in [0.25, 0.3) is 0 Å². The first kappa shape index (κ1) is 11.4. The van der Waals surface area contributed by atoms with E-state index in [4.69, 9.17) is 11.5 Å². The molecule has 3 fully saturated rings. The Labute approximate surface area is 93.8 Å². The highest BCUT2D eigenvalue weighted by Crippen LogP contribution is 2.62. The first-order valence-corrected chi connectivity index (χ1v) is 6.44. The van der Waals surface area contributed by atoms with E-state index in [1.165, 1.54) is 19.3 Å². The van der Waals surface area contributed by atoms with Crippen molar-refractivity contribution >= 4 is 0 Å². The molecule has 0 amide bonds. The third-order valence-corrected chi connectivity index (χ3v) is 5.25. The molecule has 15 heavy (non-hydrogen) atoms. The largest absolute Gasteiger partial charge is 0.327 e. The van der Waals surface area contributed by atoms with Crippen LogP contribution in [0.4, 0.5) is 0 Å². The van der Waals surface area contributed by atoms with E-state index in [0.717, 1.165) is 24.2 Å². The van der Waals surface area contributed by atoms with Crippen LogP contribution in [0.1, 0.15) is 46.5 Å². The molecule has 3 aliphatic carbocycles. The summed E-state index contributed by atoms with van der Waals surface area (Å²) in [7, 11) is 0. The van der Waals surface area contributed by atoms with Crippen LogP contribution in [0.3, 0.4) is 0 Å². The molecule has 3 saturated carbocycles. The van der Waals surface area contributed by atoms with Crippen molar-refractivity contribution in [1.29, 1.82) is 0 Å². The zero-order valence-corrected chi connectivity index (χ0v) is 10.4. The van der Waals surface area contributed by atoms with Gasteiger partial charge in [-0.15, -0.1) is 0 Å². The second-order valence-electron chi connectivity index (χ2n) is 6.46. The smallest absolute Gasteiger partial charge is 0.0192 e. The van der Waals surface area contributed by atoms with Crippen LogP contribution in [0, 0.1) is 23.2 Å². The van der Waals surface area contributed by atoms with Crippen LogP contribution in [-0.4, -0.2) is 12.1 Å². The van der Waals surface area contributed by atoms with Crippen molar-refractivity contribution in [3.05, 3.63) is 0 Å². The Morgan fingerprint density at radius 3 is 2.40 bits per heavy atom. The summed E-state index contributed by atoms with van der Waals surface area (Å²) in [6, 6.07) is 0.342. The molecular weight excluding hydrogens is 184 g/mol. The quantitative estimate of drug-likeness (QED) is 0.749. The minimum absolute atomic E-state index is 0.144. The SMILES string of the molecule is CC(N)C(N)CC1CCC2CC1C2(C)C. The van der Waals surface area contributed by atoms with Crippen LogP contribution in [0.15, 0.2) is 0 Å². The van der Waals surface area contributed by atoms with Crippen molar-refractivity contribution in [2.75, 3.05) is 0 Å². The molecular formula is C13H26N2. The summed E-state index contributed by atoms with van der Waals surface area (Å²) < 4.78 is 0. The lowest BCUT2D eigenvalue weighted by Gasteiger charge is -2.60. The van der Waals surface area contributed by atoms with Gasteiger partial charge >= 0.3 is 0 Å². The zero-order valence-electron chi connectivity index (χ0n) is 10.4. The average Bonchev–Trinajstić information content (AvgIpc) is 2.17. The molecule has 0 heterocycles. The van der Waals surface area contributed by atoms with E-state index in [0.29, 0.717) is 5.41 Å². The van der Waals surface area contributed by atoms with E-state index in [9.17, 15) is 0 Å². The van der Waals surface area contributed by atoms with E-state index in [1.807, 2.05) is 6.92 Å². The molecule has 0 aromatic carbocycles. The number of rotatable bonds is 3. The minimum Gasteiger partial charge on any atom is -0.327 e. The Morgan fingerprint density at radius 1 is 1.27 bits per heavy atom. The third-order valence-electron chi connectivity index (χ3n) is 5.25. The summed E-state index contributed by atoms with van der Waals surface area (Å²) in [5, 5.41) is 0. The monoisotopic (exact) mass is 210 g/mol. The summed E-state index contributed by atoms with van der Waals surface area (Å²) in [6.07, 6.45) is 5.39. The molecule has 0 aromatic rings. The molecule has 0 spiro atoms. The van der Waals surface area contributed by atoms with E-state index >= 15 is 0 Å². The molecule has 3 aliphatic rings. The van der Waals surface area contributed by atoms with Gasteiger partial charge in [0.15, 0.2) is 0 Å². The third kappa shape index (κ3) is 1.83. The normalized spacial score (nSPS) is 41.8. The Hall–Kier alpha value is -0.0800. The van der Waals surface area contributed by atoms with Crippen LogP contribution in [0.2, 0.25) is 0 Å². The fourth-order valence-corrected chi connectivity index (χ4v) is 3.81. The number of fused-ring (bicyclic) bond motifs is 2. The minimum atomic E-state index is 0.144. The van der Waals surface area contributed by atoms with Crippen LogP contribution in [-0.2, 0) is 0 Å². The van der Waals surface area contributed by atoms with Gasteiger partial charge in [-0.3, -0.25) is 0 Å². The average molecular weight is 210 g/mol. The van der Waals surface area contributed by atoms with Crippen molar-refractivity contribution in [2.24, 2.45) is 34.6 Å². The van der Waals surface area contributed by atoms with Gasteiger partial charge in [-0.1, -0.05) is 13.8 Å². The van der Waals surface area contributed by atoms with Gasteiger partial charge in [-0.25, -0.2) is 0 Å². The lowest BCUT2D eigenvalue weighted by molar-refractivity contribution is -0.108. The van der Waals surface area contributed by atoms with Crippen molar-refractivity contribution in [2.45, 2.75) is 58.5 Å². The topological polar surface area (TPSA) is 52.0 Å². The lowest BCUT2D eigenvalue weighted by Crippen LogP contribution is -2.54. The molecule has 5 atom stereocenters. The van der Waals surface area contributed by atoms with Crippen molar-refractivity contribution in [3.8, 4) is 0 Å². The Morgan fingerprint density at radius 2 is 1.93 bits per heavy atom. The van der Waals surface area contributed by atoms with Gasteiger partial charge in [-0.05, 0) is 55.8 Å². The predicted octanol–water partition coefficient (Wildman–Crippen LogP) is 2.12. The molecule has 3 rings (SSSR count). The summed E-state index contributed by atoms with van der Waals surface area (Å²) in [5.74, 6) is 2.75. The molecule has 4 N–H and O–H groups in total. The summed E-state index contributed by atoms with van der Waals surface area (Å²) in [6.45, 7) is 6.91. The van der Waals surface area contributed by atoms with Gasteiger partial charge in [0, 0.05) is 12.1 Å². The zero-order chi connectivity index (χ0) is 11.2. The van der Waals surface area contributed by atoms with Crippen LogP contribution < -0.4 is 11.5 Å². The molecule has 2 heteroatoms. The van der Waals surface area contributed by atoms with Crippen LogP contribution >= 0.6 is 0 Å². The Bertz CT molecular complexity index is 233. The highest BCUT2D eigenvalue weighted by molar-refractivity contribution is 5.03. The Balaban J connectivity index is 1.94. The van der Waals surface area contributed by atoms with E-state index in [2.05, 4.69) is 13.8 Å². The van der Waals surface area contributed by atoms with E-state index < -0.39 is 0 Å². The predicted molar refractivity (Wildman–Crippen MR) is 64.3 cm³/mol. The first-order valence-electron chi connectivity index (χ1n) is 6.44. The number of hydrogen-bond acceptors (Lipinski definition) is 2. The first-order chi connectivity index (χ1) is 6.93. The fraction of sp³-hybridized carbons (Fsp3) is 1.00. The highest BCUT2D eigenvalue weighted by Gasteiger charge is 2.54. The molecule has 0 radical (unpaired) electrons. The van der Waals surface area contributed by atoms with Gasteiger partial charge in [0.2, 0.25) is 0 Å². The van der Waals surface area contributed by atoms with Gasteiger partial charge < -0.3 is 11.5 Å². The second kappa shape index (κ2) is 3.74. The summed E-state index contributed by atoms with van der Waals surface area (Å²) in [4.78, 5) is 0. The molecule has 0 aliphatic heterocycles. The van der Waals surface area contributed by atoms with E-state index in [-0.39, 0.29) is 12.1 Å². The highest BCUT2D eigenvalue weighted by atomic mass is 14.8. The van der Waals surface area contributed by atoms with Gasteiger partial charge in [-0.2, -0.15) is 0 Å². The molecule has 88 valence electrons. The number of hydrogen-bond donors (Lipinski definition) is 2. The molecule has 2 bridgehead atoms. The molecule has 5 unspecified atom stereocenters. The lowest BCUT2D eigenvalue weighted by atomic mass is 9.45. The van der Waals surface area contributed by atoms with Crippen molar-refractivity contribution in [3.63, 3.8) is 0 Å². The summed E-state index contributed by atoms with van der Waals surface area (Å²) >= 11 is 0. The van der Waals surface area contributed by atoms with Gasteiger partial charge in [0.05, 0.1) is 0 Å². The second-order valence-corrected chi connectivity index (χ2v) is 6.46. The fourth-order valence-electron chi connectivity index (χ4n) is 3.81. The summed E-state index contributed by atoms with van der Waals surface area (Å²) in [5.41, 5.74) is 12.5.